The molecule has 0 radical (unpaired) electrons. The van der Waals surface area contributed by atoms with Crippen molar-refractivity contribution in [2.24, 2.45) is 0 Å². The molecule has 0 heterocycles. The smallest absolute Gasteiger partial charge is 0.162 e. The standard InChI is InChI=1S/C34H62O4/c1-3-5-27-33(35,36)29-19-15-11-7-9-13-17-21-31-23-25-32(26-24-31)22-18-14-10-8-12-16-20-30-34(37,38)28-6-4-2/h23-26,35-38H,3-22,27-30H2,1-2H3. The lowest BCUT2D eigenvalue weighted by molar-refractivity contribution is -0.172. The van der Waals surface area contributed by atoms with E-state index in [0.717, 1.165) is 51.4 Å². The van der Waals surface area contributed by atoms with E-state index in [1.54, 1.807) is 0 Å². The average Bonchev–Trinajstić information content (AvgIpc) is 2.89. The van der Waals surface area contributed by atoms with E-state index in [2.05, 4.69) is 38.1 Å². The van der Waals surface area contributed by atoms with Crippen molar-refractivity contribution in [2.75, 3.05) is 0 Å². The molecule has 4 nitrogen and oxygen atoms in total. The second-order valence-electron chi connectivity index (χ2n) is 11.9. The Morgan fingerprint density at radius 3 is 0.974 bits per heavy atom. The minimum atomic E-state index is -1.45. The highest BCUT2D eigenvalue weighted by Gasteiger charge is 2.21. The molecule has 38 heavy (non-hydrogen) atoms. The van der Waals surface area contributed by atoms with Crippen molar-refractivity contribution in [1.82, 2.24) is 0 Å². The number of rotatable bonds is 26. The number of aryl methyl sites for hydroxylation is 2. The zero-order valence-electron chi connectivity index (χ0n) is 25.1. The van der Waals surface area contributed by atoms with Gasteiger partial charge in [-0.25, -0.2) is 0 Å². The molecular weight excluding hydrogens is 472 g/mol. The van der Waals surface area contributed by atoms with Gasteiger partial charge in [0.1, 0.15) is 0 Å². The van der Waals surface area contributed by atoms with Crippen LogP contribution in [0.1, 0.15) is 166 Å². The molecule has 0 aliphatic heterocycles. The maximum Gasteiger partial charge on any atom is 0.162 e. The Bertz CT molecular complexity index is 596. The topological polar surface area (TPSA) is 80.9 Å². The Balaban J connectivity index is 1.96. The van der Waals surface area contributed by atoms with E-state index in [1.165, 1.54) is 88.2 Å². The Labute approximate surface area is 235 Å². The maximum absolute atomic E-state index is 9.92. The van der Waals surface area contributed by atoms with Gasteiger partial charge in [0.2, 0.25) is 0 Å². The van der Waals surface area contributed by atoms with Crippen LogP contribution in [0.3, 0.4) is 0 Å². The molecule has 0 unspecified atom stereocenters. The number of benzene rings is 1. The summed E-state index contributed by atoms with van der Waals surface area (Å²) >= 11 is 0. The van der Waals surface area contributed by atoms with Crippen LogP contribution in [-0.2, 0) is 12.8 Å². The predicted molar refractivity (Wildman–Crippen MR) is 161 cm³/mol. The van der Waals surface area contributed by atoms with Gasteiger partial charge in [0.15, 0.2) is 11.6 Å². The van der Waals surface area contributed by atoms with Gasteiger partial charge in [-0.05, 0) is 62.5 Å². The SMILES string of the molecule is CCCCC(O)(O)CCCCCCCCCc1ccc(CCCCCCCCCC(O)(O)CCCC)cc1. The van der Waals surface area contributed by atoms with Crippen molar-refractivity contribution in [3.63, 3.8) is 0 Å². The van der Waals surface area contributed by atoms with Crippen LogP contribution in [0, 0.1) is 0 Å². The molecule has 0 amide bonds. The summed E-state index contributed by atoms with van der Waals surface area (Å²) < 4.78 is 0. The van der Waals surface area contributed by atoms with Crippen LogP contribution in [0.2, 0.25) is 0 Å². The van der Waals surface area contributed by atoms with Gasteiger partial charge in [-0.1, -0.05) is 115 Å². The van der Waals surface area contributed by atoms with Gasteiger partial charge >= 0.3 is 0 Å². The first-order chi connectivity index (χ1) is 18.3. The van der Waals surface area contributed by atoms with Crippen LogP contribution in [-0.4, -0.2) is 32.0 Å². The maximum atomic E-state index is 9.92. The van der Waals surface area contributed by atoms with Gasteiger partial charge in [-0.2, -0.15) is 0 Å². The summed E-state index contributed by atoms with van der Waals surface area (Å²) in [6.07, 6.45) is 24.7. The summed E-state index contributed by atoms with van der Waals surface area (Å²) in [6.45, 7) is 4.16. The quantitative estimate of drug-likeness (QED) is 0.0707. The second kappa shape index (κ2) is 21.8. The van der Waals surface area contributed by atoms with Crippen molar-refractivity contribution in [1.29, 1.82) is 0 Å². The molecule has 0 spiro atoms. The first-order valence-corrected chi connectivity index (χ1v) is 16.3. The monoisotopic (exact) mass is 534 g/mol. The average molecular weight is 535 g/mol. The zero-order valence-corrected chi connectivity index (χ0v) is 25.1. The summed E-state index contributed by atoms with van der Waals surface area (Å²) in [5.74, 6) is -2.89. The predicted octanol–water partition coefficient (Wildman–Crippen LogP) is 8.76. The molecule has 0 bridgehead atoms. The molecular formula is C34H62O4. The summed E-state index contributed by atoms with van der Waals surface area (Å²) in [5, 5.41) is 39.7. The van der Waals surface area contributed by atoms with Gasteiger partial charge in [-0.3, -0.25) is 0 Å². The summed E-state index contributed by atoms with van der Waals surface area (Å²) in [6, 6.07) is 9.25. The molecule has 0 aromatic heterocycles. The molecule has 1 aromatic rings. The molecule has 222 valence electrons. The van der Waals surface area contributed by atoms with E-state index in [4.69, 9.17) is 0 Å². The highest BCUT2D eigenvalue weighted by Crippen LogP contribution is 2.21. The number of aliphatic hydroxyl groups is 4. The van der Waals surface area contributed by atoms with Gasteiger partial charge in [0, 0.05) is 25.7 Å². The van der Waals surface area contributed by atoms with E-state index in [9.17, 15) is 20.4 Å². The van der Waals surface area contributed by atoms with E-state index < -0.39 is 11.6 Å². The number of hydrogen-bond acceptors (Lipinski definition) is 4. The molecule has 1 rings (SSSR count). The molecule has 0 saturated carbocycles. The molecule has 4 N–H and O–H groups in total. The lowest BCUT2D eigenvalue weighted by Crippen LogP contribution is -2.27. The van der Waals surface area contributed by atoms with E-state index in [-0.39, 0.29) is 0 Å². The first kappa shape index (κ1) is 35.1. The summed E-state index contributed by atoms with van der Waals surface area (Å²) in [4.78, 5) is 0. The van der Waals surface area contributed by atoms with Crippen LogP contribution >= 0.6 is 0 Å². The number of unbranched alkanes of at least 4 members (excludes halogenated alkanes) is 14. The Hall–Kier alpha value is -0.940. The molecule has 0 aliphatic carbocycles. The molecule has 0 atom stereocenters. The molecule has 4 heteroatoms. The van der Waals surface area contributed by atoms with Crippen molar-refractivity contribution < 1.29 is 20.4 Å². The third-order valence-corrected chi connectivity index (χ3v) is 7.97. The van der Waals surface area contributed by atoms with E-state index in [1.807, 2.05) is 0 Å². The minimum absolute atomic E-state index is 0.505. The van der Waals surface area contributed by atoms with Crippen molar-refractivity contribution in [3.05, 3.63) is 35.4 Å². The van der Waals surface area contributed by atoms with Gasteiger partial charge in [0.05, 0.1) is 0 Å². The third-order valence-electron chi connectivity index (χ3n) is 7.97. The Morgan fingerprint density at radius 2 is 0.658 bits per heavy atom. The Kier molecular flexibility index (Phi) is 20.2. The van der Waals surface area contributed by atoms with Crippen LogP contribution in [0.4, 0.5) is 0 Å². The van der Waals surface area contributed by atoms with E-state index >= 15 is 0 Å². The lowest BCUT2D eigenvalue weighted by Gasteiger charge is -2.21. The number of hydrogen-bond donors (Lipinski definition) is 4. The second-order valence-corrected chi connectivity index (χ2v) is 11.9. The summed E-state index contributed by atoms with van der Waals surface area (Å²) in [5.41, 5.74) is 2.90. The summed E-state index contributed by atoms with van der Waals surface area (Å²) in [7, 11) is 0. The van der Waals surface area contributed by atoms with Crippen molar-refractivity contribution in [2.45, 2.75) is 180 Å². The zero-order chi connectivity index (χ0) is 28.0. The molecule has 1 aromatic carbocycles. The molecule has 0 aliphatic rings. The van der Waals surface area contributed by atoms with Crippen LogP contribution < -0.4 is 0 Å². The lowest BCUT2D eigenvalue weighted by atomic mass is 9.99. The van der Waals surface area contributed by atoms with Crippen LogP contribution in [0.25, 0.3) is 0 Å². The molecule has 0 saturated heterocycles. The van der Waals surface area contributed by atoms with E-state index in [0.29, 0.717) is 25.7 Å². The third kappa shape index (κ3) is 20.0. The fraction of sp³-hybridized carbons (Fsp3) is 0.824. The van der Waals surface area contributed by atoms with Gasteiger partial charge in [0.25, 0.3) is 0 Å². The van der Waals surface area contributed by atoms with Gasteiger partial charge < -0.3 is 20.4 Å². The Morgan fingerprint density at radius 1 is 0.395 bits per heavy atom. The first-order valence-electron chi connectivity index (χ1n) is 16.3. The highest BCUT2D eigenvalue weighted by molar-refractivity contribution is 5.22. The van der Waals surface area contributed by atoms with Crippen molar-refractivity contribution in [3.8, 4) is 0 Å². The van der Waals surface area contributed by atoms with Gasteiger partial charge in [-0.15, -0.1) is 0 Å². The molecule has 0 fully saturated rings. The highest BCUT2D eigenvalue weighted by atomic mass is 16.5. The fourth-order valence-electron chi connectivity index (χ4n) is 5.28. The largest absolute Gasteiger partial charge is 0.366 e. The fourth-order valence-corrected chi connectivity index (χ4v) is 5.28. The van der Waals surface area contributed by atoms with Crippen molar-refractivity contribution >= 4 is 0 Å². The normalized spacial score (nSPS) is 12.4. The van der Waals surface area contributed by atoms with Crippen LogP contribution in [0.5, 0.6) is 0 Å². The van der Waals surface area contributed by atoms with Crippen LogP contribution in [0.15, 0.2) is 24.3 Å². The minimum Gasteiger partial charge on any atom is -0.366 e.